The molecule has 0 aromatic carbocycles. The minimum atomic E-state index is 0.826. The Bertz CT molecular complexity index is 61.1. The minimum absolute atomic E-state index is 0.826. The average molecular weight is 176 g/mol. The number of unbranched alkanes of at least 4 members (excludes halogenated alkanes) is 1. The summed E-state index contributed by atoms with van der Waals surface area (Å²) in [5.74, 6) is 1.27. The zero-order valence-electron chi connectivity index (χ0n) is 7.44. The molecule has 11 heavy (non-hydrogen) atoms. The zero-order valence-corrected chi connectivity index (χ0v) is 8.25. The molecule has 3 heteroatoms. The van der Waals surface area contributed by atoms with Crippen molar-refractivity contribution < 1.29 is 0 Å². The van der Waals surface area contributed by atoms with Crippen LogP contribution in [0.1, 0.15) is 19.3 Å². The standard InChI is InChI=1S/C8H20N2S/c1-11-8-4-7-10-6-3-2-5-9/h10H,2-9H2,1H3. The fraction of sp³-hybridized carbons (Fsp3) is 1.00. The number of rotatable bonds is 8. The van der Waals surface area contributed by atoms with Gasteiger partial charge in [-0.15, -0.1) is 0 Å². The number of hydrogen-bond donors (Lipinski definition) is 2. The second-order valence-corrected chi connectivity index (χ2v) is 3.58. The fourth-order valence-corrected chi connectivity index (χ4v) is 1.29. The van der Waals surface area contributed by atoms with E-state index in [0.717, 1.165) is 26.1 Å². The van der Waals surface area contributed by atoms with Crippen LogP contribution in [-0.2, 0) is 0 Å². The maximum Gasteiger partial charge on any atom is -0.00411 e. The van der Waals surface area contributed by atoms with Crippen molar-refractivity contribution in [2.75, 3.05) is 31.6 Å². The SMILES string of the molecule is CSCCCNCCCCN. The summed E-state index contributed by atoms with van der Waals surface area (Å²) >= 11 is 1.91. The second kappa shape index (κ2) is 10.3. The summed E-state index contributed by atoms with van der Waals surface area (Å²) in [7, 11) is 0. The molecule has 0 spiro atoms. The lowest BCUT2D eigenvalue weighted by molar-refractivity contribution is 0.623. The van der Waals surface area contributed by atoms with Crippen LogP contribution in [0.25, 0.3) is 0 Å². The number of nitrogens with two attached hydrogens (primary N) is 1. The molecule has 0 atom stereocenters. The van der Waals surface area contributed by atoms with Gasteiger partial charge in [0.25, 0.3) is 0 Å². The Kier molecular flexibility index (Phi) is 10.5. The van der Waals surface area contributed by atoms with Crippen LogP contribution in [0.2, 0.25) is 0 Å². The molecule has 0 amide bonds. The Morgan fingerprint density at radius 1 is 1.18 bits per heavy atom. The van der Waals surface area contributed by atoms with Gasteiger partial charge >= 0.3 is 0 Å². The summed E-state index contributed by atoms with van der Waals surface area (Å²) in [6.45, 7) is 3.11. The topological polar surface area (TPSA) is 38.0 Å². The summed E-state index contributed by atoms with van der Waals surface area (Å²) < 4.78 is 0. The van der Waals surface area contributed by atoms with Crippen molar-refractivity contribution in [2.24, 2.45) is 5.73 Å². The second-order valence-electron chi connectivity index (χ2n) is 2.59. The monoisotopic (exact) mass is 176 g/mol. The van der Waals surface area contributed by atoms with Crippen LogP contribution in [0.5, 0.6) is 0 Å². The van der Waals surface area contributed by atoms with Crippen molar-refractivity contribution in [2.45, 2.75) is 19.3 Å². The first-order valence-electron chi connectivity index (χ1n) is 4.31. The molecular formula is C8H20N2S. The summed E-state index contributed by atoms with van der Waals surface area (Å²) in [6, 6.07) is 0. The highest BCUT2D eigenvalue weighted by Crippen LogP contribution is 1.93. The number of hydrogen-bond acceptors (Lipinski definition) is 3. The molecule has 0 bridgehead atoms. The molecule has 0 aliphatic carbocycles. The Labute approximate surface area is 74.3 Å². The predicted octanol–water partition coefficient (Wildman–Crippen LogP) is 1.07. The van der Waals surface area contributed by atoms with E-state index in [0.29, 0.717) is 0 Å². The highest BCUT2D eigenvalue weighted by molar-refractivity contribution is 7.98. The van der Waals surface area contributed by atoms with E-state index >= 15 is 0 Å². The van der Waals surface area contributed by atoms with Gasteiger partial charge in [-0.3, -0.25) is 0 Å². The Morgan fingerprint density at radius 2 is 1.91 bits per heavy atom. The molecule has 0 saturated carbocycles. The maximum atomic E-state index is 5.36. The van der Waals surface area contributed by atoms with Crippen LogP contribution >= 0.6 is 11.8 Å². The van der Waals surface area contributed by atoms with Crippen LogP contribution in [0.3, 0.4) is 0 Å². The van der Waals surface area contributed by atoms with Crippen LogP contribution in [0.4, 0.5) is 0 Å². The Hall–Kier alpha value is 0.270. The van der Waals surface area contributed by atoms with Gasteiger partial charge < -0.3 is 11.1 Å². The van der Waals surface area contributed by atoms with Crippen LogP contribution < -0.4 is 11.1 Å². The summed E-state index contributed by atoms with van der Waals surface area (Å²) in [5, 5.41) is 3.39. The van der Waals surface area contributed by atoms with Crippen LogP contribution in [0.15, 0.2) is 0 Å². The van der Waals surface area contributed by atoms with Crippen LogP contribution in [-0.4, -0.2) is 31.6 Å². The van der Waals surface area contributed by atoms with Gasteiger partial charge in [-0.1, -0.05) is 0 Å². The average Bonchev–Trinajstić information content (AvgIpc) is 2.03. The lowest BCUT2D eigenvalue weighted by Gasteiger charge is -2.02. The molecule has 0 aromatic heterocycles. The molecule has 0 fully saturated rings. The Morgan fingerprint density at radius 3 is 2.55 bits per heavy atom. The van der Waals surface area contributed by atoms with E-state index in [-0.39, 0.29) is 0 Å². The van der Waals surface area contributed by atoms with Gasteiger partial charge in [-0.2, -0.15) is 11.8 Å². The molecule has 0 aliphatic rings. The molecule has 2 nitrogen and oxygen atoms in total. The van der Waals surface area contributed by atoms with Gasteiger partial charge in [-0.05, 0) is 50.9 Å². The van der Waals surface area contributed by atoms with Gasteiger partial charge in [0.15, 0.2) is 0 Å². The molecule has 0 saturated heterocycles. The molecule has 0 unspecified atom stereocenters. The molecule has 0 heterocycles. The van der Waals surface area contributed by atoms with E-state index in [9.17, 15) is 0 Å². The predicted molar refractivity (Wildman–Crippen MR) is 54.2 cm³/mol. The van der Waals surface area contributed by atoms with E-state index in [1.54, 1.807) is 0 Å². The van der Waals surface area contributed by atoms with E-state index in [1.165, 1.54) is 18.6 Å². The number of thioether (sulfide) groups is 1. The summed E-state index contributed by atoms with van der Waals surface area (Å²) in [5.41, 5.74) is 5.36. The molecule has 0 aliphatic heterocycles. The van der Waals surface area contributed by atoms with Crippen molar-refractivity contribution in [3.63, 3.8) is 0 Å². The first-order chi connectivity index (χ1) is 5.41. The quantitative estimate of drug-likeness (QED) is 0.543. The van der Waals surface area contributed by atoms with Gasteiger partial charge in [0, 0.05) is 0 Å². The molecule has 0 rings (SSSR count). The highest BCUT2D eigenvalue weighted by atomic mass is 32.2. The Balaban J connectivity index is 2.69. The highest BCUT2D eigenvalue weighted by Gasteiger charge is 1.87. The van der Waals surface area contributed by atoms with E-state index < -0.39 is 0 Å². The molecular weight excluding hydrogens is 156 g/mol. The van der Waals surface area contributed by atoms with Crippen molar-refractivity contribution >= 4 is 11.8 Å². The van der Waals surface area contributed by atoms with E-state index in [2.05, 4.69) is 11.6 Å². The van der Waals surface area contributed by atoms with Crippen molar-refractivity contribution in [3.05, 3.63) is 0 Å². The smallest absolute Gasteiger partial charge is 0.00411 e. The fourth-order valence-electron chi connectivity index (χ4n) is 0.861. The molecule has 0 aromatic rings. The minimum Gasteiger partial charge on any atom is -0.330 e. The lowest BCUT2D eigenvalue weighted by Crippen LogP contribution is -2.18. The van der Waals surface area contributed by atoms with Crippen molar-refractivity contribution in [1.82, 2.24) is 5.32 Å². The largest absolute Gasteiger partial charge is 0.330 e. The third-order valence-corrected chi connectivity index (χ3v) is 2.21. The lowest BCUT2D eigenvalue weighted by atomic mass is 10.3. The van der Waals surface area contributed by atoms with Gasteiger partial charge in [0.05, 0.1) is 0 Å². The van der Waals surface area contributed by atoms with Gasteiger partial charge in [-0.25, -0.2) is 0 Å². The first kappa shape index (κ1) is 11.3. The van der Waals surface area contributed by atoms with Gasteiger partial charge in [0.1, 0.15) is 0 Å². The summed E-state index contributed by atoms with van der Waals surface area (Å²) in [6.07, 6.45) is 5.80. The van der Waals surface area contributed by atoms with E-state index in [4.69, 9.17) is 5.73 Å². The van der Waals surface area contributed by atoms with Crippen LogP contribution in [0, 0.1) is 0 Å². The summed E-state index contributed by atoms with van der Waals surface area (Å²) in [4.78, 5) is 0. The third kappa shape index (κ3) is 10.3. The molecule has 68 valence electrons. The molecule has 0 radical (unpaired) electrons. The van der Waals surface area contributed by atoms with E-state index in [1.807, 2.05) is 11.8 Å². The molecule has 3 N–H and O–H groups in total. The third-order valence-electron chi connectivity index (χ3n) is 1.51. The first-order valence-corrected chi connectivity index (χ1v) is 5.71. The van der Waals surface area contributed by atoms with Gasteiger partial charge in [0.2, 0.25) is 0 Å². The van der Waals surface area contributed by atoms with Crippen molar-refractivity contribution in [1.29, 1.82) is 0 Å². The zero-order chi connectivity index (χ0) is 8.36. The number of nitrogens with one attached hydrogen (secondary N) is 1. The normalized spacial score (nSPS) is 10.4. The van der Waals surface area contributed by atoms with Crippen molar-refractivity contribution in [3.8, 4) is 0 Å². The maximum absolute atomic E-state index is 5.36.